The summed E-state index contributed by atoms with van der Waals surface area (Å²) in [7, 11) is 0. The first kappa shape index (κ1) is 42.6. The molecule has 0 saturated heterocycles. The van der Waals surface area contributed by atoms with E-state index in [-0.39, 0.29) is 60.0 Å². The normalized spacial score (nSPS) is 10.4. The van der Waals surface area contributed by atoms with Crippen molar-refractivity contribution in [2.75, 3.05) is 13.2 Å². The zero-order valence-corrected chi connectivity index (χ0v) is 29.9. The monoisotopic (exact) mass is 650 g/mol. The Labute approximate surface area is 299 Å². The van der Waals surface area contributed by atoms with Gasteiger partial charge in [0.2, 0.25) is 0 Å². The zero-order valence-electron chi connectivity index (χ0n) is 27.6. The maximum Gasteiger partial charge on any atom is 2.00 e. The molecule has 2 aromatic rings. The van der Waals surface area contributed by atoms with E-state index in [9.17, 15) is 29.4 Å². The predicted octanol–water partition coefficient (Wildman–Crippen LogP) is 6.03. The van der Waals surface area contributed by atoms with Crippen LogP contribution in [0.4, 0.5) is 0 Å². The van der Waals surface area contributed by atoms with Crippen LogP contribution in [-0.4, -0.2) is 74.8 Å². The molecule has 9 heteroatoms. The molecule has 0 aliphatic carbocycles. The summed E-state index contributed by atoms with van der Waals surface area (Å²) >= 11 is 0. The van der Waals surface area contributed by atoms with Crippen LogP contribution in [0.5, 0.6) is 0 Å². The maximum atomic E-state index is 11.9. The molecule has 8 nitrogen and oxygen atoms in total. The Hall–Kier alpha value is -2.42. The van der Waals surface area contributed by atoms with Crippen molar-refractivity contribution in [3.8, 4) is 0 Å². The summed E-state index contributed by atoms with van der Waals surface area (Å²) in [6.07, 6.45) is 13.4. The van der Waals surface area contributed by atoms with E-state index in [0.717, 1.165) is 50.4 Å². The van der Waals surface area contributed by atoms with E-state index in [1.165, 1.54) is 62.8 Å². The summed E-state index contributed by atoms with van der Waals surface area (Å²) in [6.45, 7) is 9.55. The van der Waals surface area contributed by atoms with Gasteiger partial charge in [0.1, 0.15) is 0 Å². The van der Waals surface area contributed by atoms with Crippen molar-refractivity contribution < 1.29 is 38.9 Å². The SMILES string of the molecule is CC(C)CCCCCCCOC(=O)c1ccccc1C(=O)[O-].CC(C)CCCCCCCOC(=O)c1ccccc1C(=O)[O-].[Ca+2]. The van der Waals surface area contributed by atoms with E-state index in [1.54, 1.807) is 24.3 Å². The third-order valence-electron chi connectivity index (χ3n) is 7.05. The average molecular weight is 651 g/mol. The zero-order chi connectivity index (χ0) is 32.7. The Morgan fingerprint density at radius 1 is 0.511 bits per heavy atom. The number of hydrogen-bond acceptors (Lipinski definition) is 8. The van der Waals surface area contributed by atoms with Gasteiger partial charge in [-0.2, -0.15) is 0 Å². The second kappa shape index (κ2) is 25.7. The molecular weight excluding hydrogens is 600 g/mol. The summed E-state index contributed by atoms with van der Waals surface area (Å²) in [5.41, 5.74) is -0.138. The summed E-state index contributed by atoms with van der Waals surface area (Å²) < 4.78 is 10.3. The fourth-order valence-corrected chi connectivity index (χ4v) is 4.53. The van der Waals surface area contributed by atoms with Gasteiger partial charge < -0.3 is 29.3 Å². The number of ether oxygens (including phenoxy) is 2. The van der Waals surface area contributed by atoms with Gasteiger partial charge in [-0.15, -0.1) is 0 Å². The van der Waals surface area contributed by atoms with Crippen LogP contribution in [0.15, 0.2) is 48.5 Å². The van der Waals surface area contributed by atoms with Crippen molar-refractivity contribution in [2.45, 2.75) is 105 Å². The number of carboxylic acids is 2. The molecule has 0 atom stereocenters. The largest absolute Gasteiger partial charge is 2.00 e. The first-order valence-corrected chi connectivity index (χ1v) is 16.0. The minimum Gasteiger partial charge on any atom is -0.545 e. The first-order valence-electron chi connectivity index (χ1n) is 16.0. The molecule has 2 aromatic carbocycles. The Bertz CT molecular complexity index is 1060. The summed E-state index contributed by atoms with van der Waals surface area (Å²) in [6, 6.07) is 11.9. The van der Waals surface area contributed by atoms with E-state index in [2.05, 4.69) is 27.7 Å². The fraction of sp³-hybridized carbons (Fsp3) is 0.556. The molecule has 0 aliphatic heterocycles. The van der Waals surface area contributed by atoms with Gasteiger partial charge in [-0.25, -0.2) is 9.59 Å². The van der Waals surface area contributed by atoms with E-state index < -0.39 is 23.9 Å². The molecule has 2 rings (SSSR count). The van der Waals surface area contributed by atoms with Gasteiger partial charge in [0.05, 0.1) is 36.3 Å². The van der Waals surface area contributed by atoms with E-state index in [1.807, 2.05) is 0 Å². The van der Waals surface area contributed by atoms with Crippen molar-refractivity contribution >= 4 is 61.6 Å². The molecule has 0 fully saturated rings. The smallest absolute Gasteiger partial charge is 0.545 e. The minimum atomic E-state index is -1.36. The van der Waals surface area contributed by atoms with Gasteiger partial charge >= 0.3 is 49.7 Å². The third-order valence-corrected chi connectivity index (χ3v) is 7.05. The van der Waals surface area contributed by atoms with Crippen LogP contribution in [0, 0.1) is 11.8 Å². The number of benzene rings is 2. The van der Waals surface area contributed by atoms with Crippen LogP contribution in [-0.2, 0) is 9.47 Å². The maximum absolute atomic E-state index is 11.9. The molecule has 0 unspecified atom stereocenters. The third kappa shape index (κ3) is 19.6. The molecule has 0 heterocycles. The average Bonchev–Trinajstić information content (AvgIpc) is 2.99. The van der Waals surface area contributed by atoms with Gasteiger partial charge in [-0.3, -0.25) is 0 Å². The van der Waals surface area contributed by atoms with Crippen LogP contribution in [0.25, 0.3) is 0 Å². The van der Waals surface area contributed by atoms with Gasteiger partial charge in [-0.05, 0) is 36.8 Å². The van der Waals surface area contributed by atoms with Gasteiger partial charge in [0.25, 0.3) is 0 Å². The number of aromatic carboxylic acids is 2. The fourth-order valence-electron chi connectivity index (χ4n) is 4.53. The van der Waals surface area contributed by atoms with Crippen LogP contribution in [0.3, 0.4) is 0 Å². The number of carboxylic acid groups (broad SMARTS) is 2. The molecule has 0 radical (unpaired) electrons. The van der Waals surface area contributed by atoms with E-state index in [0.29, 0.717) is 13.2 Å². The quantitative estimate of drug-likeness (QED) is 0.0965. The van der Waals surface area contributed by atoms with E-state index >= 15 is 0 Å². The van der Waals surface area contributed by atoms with Crippen LogP contribution in [0.2, 0.25) is 0 Å². The van der Waals surface area contributed by atoms with Crippen LogP contribution >= 0.6 is 0 Å². The Morgan fingerprint density at radius 2 is 0.800 bits per heavy atom. The Morgan fingerprint density at radius 3 is 1.11 bits per heavy atom. The van der Waals surface area contributed by atoms with Gasteiger partial charge in [0.15, 0.2) is 0 Å². The second-order valence-electron chi connectivity index (χ2n) is 11.8. The van der Waals surface area contributed by atoms with Gasteiger partial charge in [0, 0.05) is 11.1 Å². The summed E-state index contributed by atoms with van der Waals surface area (Å²) in [5, 5.41) is 21.9. The summed E-state index contributed by atoms with van der Waals surface area (Å²) in [5.74, 6) is -2.41. The number of carbonyl (C=O) groups excluding carboxylic acids is 4. The van der Waals surface area contributed by atoms with Crippen molar-refractivity contribution in [3.05, 3.63) is 70.8 Å². The predicted molar refractivity (Wildman–Crippen MR) is 173 cm³/mol. The Balaban J connectivity index is 0.000000842. The minimum absolute atomic E-state index is 0. The molecule has 0 saturated carbocycles. The molecule has 45 heavy (non-hydrogen) atoms. The molecular formula is C36H50CaO8. The molecule has 0 spiro atoms. The van der Waals surface area contributed by atoms with Crippen LogP contribution < -0.4 is 10.2 Å². The molecule has 0 bridgehead atoms. The second-order valence-corrected chi connectivity index (χ2v) is 11.8. The number of hydrogen-bond donors (Lipinski definition) is 0. The molecule has 244 valence electrons. The number of carbonyl (C=O) groups is 4. The van der Waals surface area contributed by atoms with Crippen LogP contribution in [0.1, 0.15) is 146 Å². The van der Waals surface area contributed by atoms with Crippen molar-refractivity contribution in [1.82, 2.24) is 0 Å². The van der Waals surface area contributed by atoms with Gasteiger partial charge in [-0.1, -0.05) is 128 Å². The molecule has 0 amide bonds. The number of rotatable bonds is 20. The van der Waals surface area contributed by atoms with E-state index in [4.69, 9.17) is 9.47 Å². The van der Waals surface area contributed by atoms with Crippen molar-refractivity contribution in [2.24, 2.45) is 11.8 Å². The first-order chi connectivity index (χ1) is 21.0. The Kier molecular flexibility index (Phi) is 24.4. The molecule has 0 aliphatic rings. The molecule has 0 aromatic heterocycles. The number of esters is 2. The van der Waals surface area contributed by atoms with Crippen molar-refractivity contribution in [1.29, 1.82) is 0 Å². The molecule has 0 N–H and O–H groups in total. The van der Waals surface area contributed by atoms with Crippen molar-refractivity contribution in [3.63, 3.8) is 0 Å². The topological polar surface area (TPSA) is 133 Å². The standard InChI is InChI=1S/2C18H26O4.Ca/c2*1-14(2)10-6-4-3-5-9-13-22-18(21)16-12-8-7-11-15(16)17(19)20;/h2*7-8,11-12,14H,3-6,9-10,13H2,1-2H3,(H,19,20);/q;;+2/p-2. The number of unbranched alkanes of at least 4 members (excludes halogenated alkanes) is 8. The summed E-state index contributed by atoms with van der Waals surface area (Å²) in [4.78, 5) is 45.6.